The highest BCUT2D eigenvalue weighted by molar-refractivity contribution is 5.68. The summed E-state index contributed by atoms with van der Waals surface area (Å²) in [5.41, 5.74) is 6.16. The monoisotopic (exact) mass is 603 g/mol. The van der Waals surface area contributed by atoms with Crippen LogP contribution in [0.4, 0.5) is 0 Å². The van der Waals surface area contributed by atoms with E-state index in [1.807, 2.05) is 0 Å². The minimum absolute atomic E-state index is 1.25. The fourth-order valence-corrected chi connectivity index (χ4v) is 7.06. The first-order valence-corrected chi connectivity index (χ1v) is 20.0. The summed E-state index contributed by atoms with van der Waals surface area (Å²) < 4.78 is 0. The quantitative estimate of drug-likeness (QED) is 0.0753. The zero-order valence-corrected chi connectivity index (χ0v) is 29.8. The molecule has 0 unspecified atom stereocenters. The van der Waals surface area contributed by atoms with Crippen molar-refractivity contribution in [3.05, 3.63) is 59.7 Å². The molecule has 0 saturated heterocycles. The maximum Gasteiger partial charge on any atom is -0.0149 e. The van der Waals surface area contributed by atoms with Gasteiger partial charge in [0, 0.05) is 0 Å². The molecule has 0 heteroatoms. The molecule has 250 valence electrons. The summed E-state index contributed by atoms with van der Waals surface area (Å²) in [5, 5.41) is 0. The van der Waals surface area contributed by atoms with Gasteiger partial charge in [0.15, 0.2) is 0 Å². The first-order chi connectivity index (χ1) is 21.9. The van der Waals surface area contributed by atoms with Crippen molar-refractivity contribution in [1.29, 1.82) is 0 Å². The van der Waals surface area contributed by atoms with Gasteiger partial charge in [-0.05, 0) is 47.9 Å². The van der Waals surface area contributed by atoms with Crippen LogP contribution in [0.1, 0.15) is 205 Å². The van der Waals surface area contributed by atoms with E-state index in [1.165, 1.54) is 204 Å². The molecule has 0 nitrogen and oxygen atoms in total. The van der Waals surface area contributed by atoms with Gasteiger partial charge >= 0.3 is 0 Å². The lowest BCUT2D eigenvalue weighted by atomic mass is 9.89. The molecule has 2 aromatic carbocycles. The third kappa shape index (κ3) is 19.7. The molecule has 44 heavy (non-hydrogen) atoms. The van der Waals surface area contributed by atoms with E-state index in [-0.39, 0.29) is 0 Å². The topological polar surface area (TPSA) is 0 Å². The lowest BCUT2D eigenvalue weighted by Crippen LogP contribution is -1.99. The van der Waals surface area contributed by atoms with E-state index in [9.17, 15) is 0 Å². The van der Waals surface area contributed by atoms with Crippen molar-refractivity contribution in [3.8, 4) is 11.1 Å². The standard InChI is InChI=1S/C44H74/c1-3-5-7-9-11-13-15-17-19-21-23-25-27-30-35-42-38-34-40-44(41-36-31-29-32-37-41)43(42)39-33-28-26-24-22-20-18-16-14-12-10-8-6-4-2/h29,31-32,34,36-38,40H,3-28,30,33,35,39H2,1-2H3. The van der Waals surface area contributed by atoms with Crippen molar-refractivity contribution >= 4 is 0 Å². The van der Waals surface area contributed by atoms with Gasteiger partial charge < -0.3 is 0 Å². The Morgan fingerprint density at radius 2 is 0.682 bits per heavy atom. The van der Waals surface area contributed by atoms with Crippen LogP contribution in [0.2, 0.25) is 0 Å². The molecule has 0 amide bonds. The van der Waals surface area contributed by atoms with E-state index in [0.29, 0.717) is 0 Å². The minimum atomic E-state index is 1.25. The molecular formula is C44H74. The summed E-state index contributed by atoms with van der Waals surface area (Å²) in [6.45, 7) is 4.62. The second-order valence-corrected chi connectivity index (χ2v) is 14.0. The highest BCUT2D eigenvalue weighted by Gasteiger charge is 2.10. The molecule has 0 atom stereocenters. The predicted octanol–water partition coefficient (Wildman–Crippen LogP) is 15.4. The Balaban J connectivity index is 1.62. The number of rotatable bonds is 31. The van der Waals surface area contributed by atoms with E-state index in [2.05, 4.69) is 62.4 Å². The molecule has 0 aliphatic carbocycles. The number of benzene rings is 2. The molecule has 0 saturated carbocycles. The zero-order chi connectivity index (χ0) is 31.2. The number of hydrogen-bond acceptors (Lipinski definition) is 0. The van der Waals surface area contributed by atoms with E-state index in [0.717, 1.165) is 0 Å². The normalized spacial score (nSPS) is 11.4. The van der Waals surface area contributed by atoms with Crippen LogP contribution in [0.5, 0.6) is 0 Å². The Morgan fingerprint density at radius 1 is 0.318 bits per heavy atom. The maximum atomic E-state index is 2.44. The molecule has 0 aliphatic rings. The molecule has 0 spiro atoms. The number of hydrogen-bond donors (Lipinski definition) is 0. The Kier molecular flexibility index (Phi) is 25.4. The first-order valence-electron chi connectivity index (χ1n) is 20.0. The first kappa shape index (κ1) is 38.6. The van der Waals surface area contributed by atoms with Crippen LogP contribution < -0.4 is 0 Å². The summed E-state index contributed by atoms with van der Waals surface area (Å²) in [5.74, 6) is 0. The van der Waals surface area contributed by atoms with Crippen LogP contribution in [0.15, 0.2) is 48.5 Å². The lowest BCUT2D eigenvalue weighted by Gasteiger charge is -2.16. The van der Waals surface area contributed by atoms with Gasteiger partial charge in [0.25, 0.3) is 0 Å². The molecule has 2 aromatic rings. The van der Waals surface area contributed by atoms with Gasteiger partial charge in [-0.1, -0.05) is 229 Å². The van der Waals surface area contributed by atoms with Gasteiger partial charge in [-0.25, -0.2) is 0 Å². The summed E-state index contributed by atoms with van der Waals surface area (Å²) in [6.07, 6.45) is 42.6. The van der Waals surface area contributed by atoms with Crippen LogP contribution in [0.3, 0.4) is 0 Å². The molecule has 0 fully saturated rings. The second kappa shape index (κ2) is 28.9. The Bertz CT molecular complexity index is 865. The van der Waals surface area contributed by atoms with Crippen molar-refractivity contribution in [3.63, 3.8) is 0 Å². The fraction of sp³-hybridized carbons (Fsp3) is 0.727. The van der Waals surface area contributed by atoms with Gasteiger partial charge in [0.2, 0.25) is 0 Å². The fourth-order valence-electron chi connectivity index (χ4n) is 7.06. The van der Waals surface area contributed by atoms with Gasteiger partial charge in [-0.15, -0.1) is 0 Å². The van der Waals surface area contributed by atoms with Crippen molar-refractivity contribution in [1.82, 2.24) is 0 Å². The van der Waals surface area contributed by atoms with Crippen LogP contribution in [0.25, 0.3) is 11.1 Å². The molecule has 0 N–H and O–H groups in total. The van der Waals surface area contributed by atoms with Gasteiger partial charge in [0.1, 0.15) is 0 Å². The van der Waals surface area contributed by atoms with Crippen molar-refractivity contribution in [2.45, 2.75) is 206 Å². The summed E-state index contributed by atoms with van der Waals surface area (Å²) in [6, 6.07) is 18.3. The van der Waals surface area contributed by atoms with Crippen molar-refractivity contribution in [2.24, 2.45) is 0 Å². The maximum absolute atomic E-state index is 2.44. The molecule has 2 rings (SSSR count). The average molecular weight is 603 g/mol. The number of aryl methyl sites for hydroxylation is 1. The van der Waals surface area contributed by atoms with Crippen LogP contribution in [0, 0.1) is 0 Å². The van der Waals surface area contributed by atoms with Gasteiger partial charge in [-0.3, -0.25) is 0 Å². The highest BCUT2D eigenvalue weighted by atomic mass is 14.2. The van der Waals surface area contributed by atoms with Crippen molar-refractivity contribution < 1.29 is 0 Å². The predicted molar refractivity (Wildman–Crippen MR) is 200 cm³/mol. The molecule has 0 aliphatic heterocycles. The van der Waals surface area contributed by atoms with Crippen LogP contribution >= 0.6 is 0 Å². The molecule has 0 radical (unpaired) electrons. The highest BCUT2D eigenvalue weighted by Crippen LogP contribution is 2.29. The summed E-state index contributed by atoms with van der Waals surface area (Å²) in [7, 11) is 0. The molecule has 0 bridgehead atoms. The zero-order valence-electron chi connectivity index (χ0n) is 29.8. The lowest BCUT2D eigenvalue weighted by molar-refractivity contribution is 0.534. The largest absolute Gasteiger partial charge is 0.0654 e. The van der Waals surface area contributed by atoms with E-state index in [4.69, 9.17) is 0 Å². The Labute approximate surface area is 276 Å². The van der Waals surface area contributed by atoms with Gasteiger partial charge in [0.05, 0.1) is 0 Å². The molecule has 0 aromatic heterocycles. The average Bonchev–Trinajstić information content (AvgIpc) is 3.05. The molecular weight excluding hydrogens is 528 g/mol. The Morgan fingerprint density at radius 3 is 1.09 bits per heavy atom. The van der Waals surface area contributed by atoms with E-state index < -0.39 is 0 Å². The van der Waals surface area contributed by atoms with Gasteiger partial charge in [-0.2, -0.15) is 0 Å². The summed E-state index contributed by atoms with van der Waals surface area (Å²) in [4.78, 5) is 0. The third-order valence-corrected chi connectivity index (χ3v) is 9.94. The van der Waals surface area contributed by atoms with E-state index in [1.54, 1.807) is 11.1 Å². The smallest absolute Gasteiger partial charge is 0.0149 e. The third-order valence-electron chi connectivity index (χ3n) is 9.94. The van der Waals surface area contributed by atoms with Crippen LogP contribution in [-0.2, 0) is 12.8 Å². The summed E-state index contributed by atoms with van der Waals surface area (Å²) >= 11 is 0. The minimum Gasteiger partial charge on any atom is -0.0654 e. The Hall–Kier alpha value is -1.56. The second-order valence-electron chi connectivity index (χ2n) is 14.0. The molecule has 0 heterocycles. The van der Waals surface area contributed by atoms with Crippen molar-refractivity contribution in [2.75, 3.05) is 0 Å². The van der Waals surface area contributed by atoms with E-state index >= 15 is 0 Å². The number of unbranched alkanes of at least 4 members (excludes halogenated alkanes) is 26. The van der Waals surface area contributed by atoms with Crippen LogP contribution in [-0.4, -0.2) is 0 Å². The SMILES string of the molecule is CCCCCCCCCCCCCCCCc1cccc(-c2ccccc2)c1CCCCCCCCCCCCCCCC.